The van der Waals surface area contributed by atoms with Crippen molar-refractivity contribution in [1.82, 2.24) is 5.32 Å². The zero-order valence-electron chi connectivity index (χ0n) is 11.3. The second-order valence-electron chi connectivity index (χ2n) is 4.57. The van der Waals surface area contributed by atoms with Crippen molar-refractivity contribution >= 4 is 27.8 Å². The van der Waals surface area contributed by atoms with Gasteiger partial charge in [-0.15, -0.1) is 0 Å². The molecule has 1 rings (SSSR count). The fourth-order valence-electron chi connectivity index (χ4n) is 1.53. The fourth-order valence-corrected chi connectivity index (χ4v) is 1.79. The maximum atomic E-state index is 11.7. The van der Waals surface area contributed by atoms with Crippen LogP contribution in [0.25, 0.3) is 0 Å². The van der Waals surface area contributed by atoms with Crippen LogP contribution in [0.15, 0.2) is 28.7 Å². The Labute approximate surface area is 121 Å². The Morgan fingerprint density at radius 1 is 1.26 bits per heavy atom. The highest BCUT2D eigenvalue weighted by atomic mass is 79.9. The molecule has 1 N–H and O–H groups in total. The molecule has 0 saturated heterocycles. The van der Waals surface area contributed by atoms with E-state index in [9.17, 15) is 9.59 Å². The summed E-state index contributed by atoms with van der Waals surface area (Å²) in [4.78, 5) is 23.4. The van der Waals surface area contributed by atoms with E-state index in [0.717, 1.165) is 10.0 Å². The Morgan fingerprint density at radius 2 is 1.84 bits per heavy atom. The number of carbonyl (C=O) groups excluding carboxylic acids is 2. The van der Waals surface area contributed by atoms with Crippen LogP contribution in [0.3, 0.4) is 0 Å². The van der Waals surface area contributed by atoms with Crippen molar-refractivity contribution in [2.75, 3.05) is 7.11 Å². The molecule has 0 aliphatic heterocycles. The van der Waals surface area contributed by atoms with Gasteiger partial charge in [-0.05, 0) is 17.7 Å². The van der Waals surface area contributed by atoms with E-state index in [4.69, 9.17) is 4.74 Å². The number of esters is 1. The Hall–Kier alpha value is -1.36. The number of ether oxygens (including phenoxy) is 1. The summed E-state index contributed by atoms with van der Waals surface area (Å²) in [7, 11) is 1.32. The third-order valence-corrected chi connectivity index (χ3v) is 3.21. The minimum absolute atomic E-state index is 0.160. The van der Waals surface area contributed by atoms with Gasteiger partial charge in [0.2, 0.25) is 5.91 Å². The summed E-state index contributed by atoms with van der Waals surface area (Å²) in [5.41, 5.74) is 0.961. The van der Waals surface area contributed by atoms with Crippen molar-refractivity contribution in [2.45, 2.75) is 26.3 Å². The Morgan fingerprint density at radius 3 is 2.32 bits per heavy atom. The minimum atomic E-state index is -0.652. The lowest BCUT2D eigenvalue weighted by Gasteiger charge is -2.18. The van der Waals surface area contributed by atoms with E-state index in [0.29, 0.717) is 6.42 Å². The maximum absolute atomic E-state index is 11.7. The Bertz CT molecular complexity index is 443. The number of rotatable bonds is 5. The molecule has 1 atom stereocenters. The van der Waals surface area contributed by atoms with E-state index in [1.54, 1.807) is 13.8 Å². The van der Waals surface area contributed by atoms with Crippen LogP contribution in [0.4, 0.5) is 0 Å². The lowest BCUT2D eigenvalue weighted by atomic mass is 10.1. The Kier molecular flexibility index (Phi) is 6.02. The number of carbonyl (C=O) groups is 2. The van der Waals surface area contributed by atoms with Gasteiger partial charge in [-0.1, -0.05) is 41.9 Å². The predicted octanol–water partition coefficient (Wildman–Crippen LogP) is 2.31. The van der Waals surface area contributed by atoms with Crippen LogP contribution in [0.1, 0.15) is 19.4 Å². The van der Waals surface area contributed by atoms with E-state index < -0.39 is 12.0 Å². The molecule has 0 aliphatic rings. The van der Waals surface area contributed by atoms with Gasteiger partial charge in [0, 0.05) is 16.8 Å². The van der Waals surface area contributed by atoms with Gasteiger partial charge in [0.15, 0.2) is 0 Å². The molecule has 1 aromatic carbocycles. The van der Waals surface area contributed by atoms with Gasteiger partial charge in [0.1, 0.15) is 6.04 Å². The summed E-state index contributed by atoms with van der Waals surface area (Å²) in [6.45, 7) is 3.56. The highest BCUT2D eigenvalue weighted by molar-refractivity contribution is 9.10. The maximum Gasteiger partial charge on any atom is 0.328 e. The predicted molar refractivity (Wildman–Crippen MR) is 76.6 cm³/mol. The molecular weight excluding hydrogens is 310 g/mol. The molecule has 0 bridgehead atoms. The van der Waals surface area contributed by atoms with Crippen molar-refractivity contribution in [1.29, 1.82) is 0 Å². The van der Waals surface area contributed by atoms with Crippen molar-refractivity contribution in [3.8, 4) is 0 Å². The van der Waals surface area contributed by atoms with Crippen LogP contribution in [0.2, 0.25) is 0 Å². The number of methoxy groups -OCH3 is 1. The monoisotopic (exact) mass is 327 g/mol. The average Bonchev–Trinajstić information content (AvgIpc) is 2.39. The zero-order valence-corrected chi connectivity index (χ0v) is 12.9. The highest BCUT2D eigenvalue weighted by Crippen LogP contribution is 2.12. The van der Waals surface area contributed by atoms with E-state index >= 15 is 0 Å². The molecule has 0 saturated carbocycles. The van der Waals surface area contributed by atoms with Crippen molar-refractivity contribution < 1.29 is 14.3 Å². The molecule has 1 aromatic rings. The molecular formula is C14H18BrNO3. The molecule has 4 nitrogen and oxygen atoms in total. The Balaban J connectivity index is 2.77. The smallest absolute Gasteiger partial charge is 0.328 e. The number of amides is 1. The molecule has 0 fully saturated rings. The van der Waals surface area contributed by atoms with Crippen LogP contribution >= 0.6 is 15.9 Å². The summed E-state index contributed by atoms with van der Waals surface area (Å²) < 4.78 is 5.70. The molecule has 5 heteroatoms. The van der Waals surface area contributed by atoms with Crippen LogP contribution in [-0.2, 0) is 20.7 Å². The number of hydrogen-bond acceptors (Lipinski definition) is 3. The molecule has 0 radical (unpaired) electrons. The van der Waals surface area contributed by atoms with Crippen molar-refractivity contribution in [2.24, 2.45) is 5.92 Å². The molecule has 0 aromatic heterocycles. The molecule has 1 amide bonds. The van der Waals surface area contributed by atoms with E-state index in [1.165, 1.54) is 7.11 Å². The molecule has 0 unspecified atom stereocenters. The molecule has 0 heterocycles. The van der Waals surface area contributed by atoms with E-state index in [2.05, 4.69) is 21.2 Å². The van der Waals surface area contributed by atoms with E-state index in [1.807, 2.05) is 24.3 Å². The summed E-state index contributed by atoms with van der Waals surface area (Å²) in [5.74, 6) is -0.762. The molecule has 0 spiro atoms. The third-order valence-electron chi connectivity index (χ3n) is 2.68. The molecule has 104 valence electrons. The SMILES string of the molecule is COC(=O)[C@@H](Cc1ccc(Br)cc1)NC(=O)C(C)C. The van der Waals surface area contributed by atoms with Gasteiger partial charge in [-0.3, -0.25) is 4.79 Å². The standard InChI is InChI=1S/C14H18BrNO3/c1-9(2)13(17)16-12(14(18)19-3)8-10-4-6-11(15)7-5-10/h4-7,9,12H,8H2,1-3H3,(H,16,17)/t12-/m1/s1. The number of benzene rings is 1. The number of nitrogens with one attached hydrogen (secondary N) is 1. The lowest BCUT2D eigenvalue weighted by Crippen LogP contribution is -2.44. The van der Waals surface area contributed by atoms with Crippen LogP contribution in [0.5, 0.6) is 0 Å². The lowest BCUT2D eigenvalue weighted by molar-refractivity contribution is -0.145. The van der Waals surface area contributed by atoms with Crippen LogP contribution in [-0.4, -0.2) is 25.0 Å². The van der Waals surface area contributed by atoms with Crippen LogP contribution < -0.4 is 5.32 Å². The first-order valence-corrected chi connectivity index (χ1v) is 6.86. The van der Waals surface area contributed by atoms with Gasteiger partial charge in [-0.2, -0.15) is 0 Å². The summed E-state index contributed by atoms with van der Waals surface area (Å²) >= 11 is 3.35. The first kappa shape index (κ1) is 15.7. The van der Waals surface area contributed by atoms with Gasteiger partial charge >= 0.3 is 5.97 Å². The topological polar surface area (TPSA) is 55.4 Å². The fraction of sp³-hybridized carbons (Fsp3) is 0.429. The minimum Gasteiger partial charge on any atom is -0.467 e. The third kappa shape index (κ3) is 5.03. The van der Waals surface area contributed by atoms with Gasteiger partial charge in [0.05, 0.1) is 7.11 Å². The highest BCUT2D eigenvalue weighted by Gasteiger charge is 2.22. The average molecular weight is 328 g/mol. The second-order valence-corrected chi connectivity index (χ2v) is 5.49. The normalized spacial score (nSPS) is 12.1. The summed E-state index contributed by atoms with van der Waals surface area (Å²) in [5, 5.41) is 2.71. The van der Waals surface area contributed by atoms with Crippen molar-refractivity contribution in [3.63, 3.8) is 0 Å². The summed E-state index contributed by atoms with van der Waals surface area (Å²) in [6.07, 6.45) is 0.415. The van der Waals surface area contributed by atoms with Crippen molar-refractivity contribution in [3.05, 3.63) is 34.3 Å². The zero-order chi connectivity index (χ0) is 14.4. The number of hydrogen-bond donors (Lipinski definition) is 1. The first-order chi connectivity index (χ1) is 8.93. The second kappa shape index (κ2) is 7.28. The quantitative estimate of drug-likeness (QED) is 0.844. The summed E-state index contributed by atoms with van der Waals surface area (Å²) in [6, 6.07) is 6.95. The van der Waals surface area contributed by atoms with Gasteiger partial charge < -0.3 is 10.1 Å². The number of halogens is 1. The molecule has 0 aliphatic carbocycles. The first-order valence-electron chi connectivity index (χ1n) is 6.06. The van der Waals surface area contributed by atoms with E-state index in [-0.39, 0.29) is 11.8 Å². The largest absolute Gasteiger partial charge is 0.467 e. The van der Waals surface area contributed by atoms with Crippen LogP contribution in [0, 0.1) is 5.92 Å². The molecule has 19 heavy (non-hydrogen) atoms. The van der Waals surface area contributed by atoms with Gasteiger partial charge in [-0.25, -0.2) is 4.79 Å². The van der Waals surface area contributed by atoms with Gasteiger partial charge in [0.25, 0.3) is 0 Å².